The van der Waals surface area contributed by atoms with E-state index >= 15 is 0 Å². The molecule has 0 unspecified atom stereocenters. The minimum Gasteiger partial charge on any atom is -0.508 e. The molecule has 4 aromatic rings. The third-order valence-corrected chi connectivity index (χ3v) is 4.52. The van der Waals surface area contributed by atoms with E-state index in [-0.39, 0.29) is 0 Å². The summed E-state index contributed by atoms with van der Waals surface area (Å²) in [7, 11) is 0. The first kappa shape index (κ1) is 12.2. The van der Waals surface area contributed by atoms with Gasteiger partial charge >= 0.3 is 0 Å². The van der Waals surface area contributed by atoms with Crippen LogP contribution in [0.5, 0.6) is 5.75 Å². The van der Waals surface area contributed by atoms with E-state index in [0.29, 0.717) is 5.75 Å². The van der Waals surface area contributed by atoms with Gasteiger partial charge in [-0.15, -0.1) is 0 Å². The van der Waals surface area contributed by atoms with Gasteiger partial charge in [-0.2, -0.15) is 0 Å². The summed E-state index contributed by atoms with van der Waals surface area (Å²) in [4.78, 5) is 0. The Hall–Kier alpha value is -2.54. The highest BCUT2D eigenvalue weighted by molar-refractivity contribution is 6.16. The van der Waals surface area contributed by atoms with E-state index in [2.05, 4.69) is 50.2 Å². The molecule has 1 nitrogen and oxygen atoms in total. The van der Waals surface area contributed by atoms with Crippen LogP contribution in [-0.4, -0.2) is 5.11 Å². The standard InChI is InChI=1S/C20H16O/c1-12-16-10-8-15(21)11-19(16)13(2)20-17(12)9-7-14-5-3-4-6-18(14)20/h3-11,21H,1-2H3. The zero-order valence-electron chi connectivity index (χ0n) is 12.1. The van der Waals surface area contributed by atoms with Crippen LogP contribution in [-0.2, 0) is 0 Å². The fourth-order valence-corrected chi connectivity index (χ4v) is 3.44. The van der Waals surface area contributed by atoms with Crippen molar-refractivity contribution in [3.8, 4) is 5.75 Å². The Balaban J connectivity index is 2.36. The molecule has 0 aromatic heterocycles. The molecule has 0 saturated carbocycles. The van der Waals surface area contributed by atoms with Crippen LogP contribution in [0.4, 0.5) is 0 Å². The van der Waals surface area contributed by atoms with Crippen molar-refractivity contribution in [2.45, 2.75) is 13.8 Å². The molecule has 0 saturated heterocycles. The Morgan fingerprint density at radius 2 is 1.43 bits per heavy atom. The molecule has 4 aromatic carbocycles. The molecule has 0 amide bonds. The highest BCUT2D eigenvalue weighted by Crippen LogP contribution is 2.37. The van der Waals surface area contributed by atoms with Crippen molar-refractivity contribution in [3.63, 3.8) is 0 Å². The Morgan fingerprint density at radius 3 is 2.29 bits per heavy atom. The van der Waals surface area contributed by atoms with Gasteiger partial charge in [0.05, 0.1) is 0 Å². The molecule has 0 aliphatic heterocycles. The van der Waals surface area contributed by atoms with Gasteiger partial charge in [0, 0.05) is 0 Å². The van der Waals surface area contributed by atoms with Crippen LogP contribution in [0, 0.1) is 13.8 Å². The smallest absolute Gasteiger partial charge is 0.116 e. The summed E-state index contributed by atoms with van der Waals surface area (Å²) >= 11 is 0. The summed E-state index contributed by atoms with van der Waals surface area (Å²) in [6, 6.07) is 18.5. The molecule has 0 atom stereocenters. The second kappa shape index (κ2) is 4.23. The Kier molecular flexibility index (Phi) is 2.46. The Morgan fingerprint density at radius 1 is 0.667 bits per heavy atom. The van der Waals surface area contributed by atoms with Gasteiger partial charge in [-0.1, -0.05) is 42.5 Å². The highest BCUT2D eigenvalue weighted by Gasteiger charge is 2.11. The maximum Gasteiger partial charge on any atom is 0.116 e. The Bertz CT molecular complexity index is 1010. The number of hydrogen-bond acceptors (Lipinski definition) is 1. The first-order chi connectivity index (χ1) is 10.2. The van der Waals surface area contributed by atoms with Crippen molar-refractivity contribution in [1.82, 2.24) is 0 Å². The second-order valence-corrected chi connectivity index (χ2v) is 5.69. The van der Waals surface area contributed by atoms with Crippen LogP contribution in [0.2, 0.25) is 0 Å². The van der Waals surface area contributed by atoms with Crippen molar-refractivity contribution in [2.75, 3.05) is 0 Å². The molecule has 1 N–H and O–H groups in total. The maximum atomic E-state index is 9.83. The summed E-state index contributed by atoms with van der Waals surface area (Å²) < 4.78 is 0. The summed E-state index contributed by atoms with van der Waals surface area (Å²) in [6.45, 7) is 4.31. The molecule has 21 heavy (non-hydrogen) atoms. The number of aromatic hydroxyl groups is 1. The summed E-state index contributed by atoms with van der Waals surface area (Å²) in [6.07, 6.45) is 0. The lowest BCUT2D eigenvalue weighted by molar-refractivity contribution is 0.476. The summed E-state index contributed by atoms with van der Waals surface area (Å²) in [5.41, 5.74) is 2.51. The molecule has 1 heteroatoms. The average Bonchev–Trinajstić information content (AvgIpc) is 2.51. The SMILES string of the molecule is Cc1c2ccc(O)cc2c(C)c2c1ccc1ccccc12. The number of phenolic OH excluding ortho intramolecular Hbond substituents is 1. The van der Waals surface area contributed by atoms with E-state index < -0.39 is 0 Å². The first-order valence-corrected chi connectivity index (χ1v) is 7.20. The quantitative estimate of drug-likeness (QED) is 0.332. The third kappa shape index (κ3) is 1.64. The van der Waals surface area contributed by atoms with Crippen LogP contribution in [0.3, 0.4) is 0 Å². The van der Waals surface area contributed by atoms with Gasteiger partial charge in [0.15, 0.2) is 0 Å². The number of rotatable bonds is 0. The fraction of sp³-hybridized carbons (Fsp3) is 0.100. The average molecular weight is 272 g/mol. The molecule has 0 spiro atoms. The number of phenols is 1. The molecule has 0 fully saturated rings. The molecule has 0 radical (unpaired) electrons. The van der Waals surface area contributed by atoms with E-state index in [9.17, 15) is 5.11 Å². The molecular weight excluding hydrogens is 256 g/mol. The zero-order chi connectivity index (χ0) is 14.6. The lowest BCUT2D eigenvalue weighted by Gasteiger charge is -2.14. The fourth-order valence-electron chi connectivity index (χ4n) is 3.44. The molecule has 0 aliphatic rings. The van der Waals surface area contributed by atoms with Gasteiger partial charge in [-0.3, -0.25) is 0 Å². The predicted octanol–water partition coefficient (Wildman–Crippen LogP) is 5.47. The number of benzene rings is 4. The largest absolute Gasteiger partial charge is 0.508 e. The number of aryl methyl sites for hydroxylation is 2. The van der Waals surface area contributed by atoms with E-state index in [1.807, 2.05) is 12.1 Å². The van der Waals surface area contributed by atoms with Crippen molar-refractivity contribution in [1.29, 1.82) is 0 Å². The van der Waals surface area contributed by atoms with Gasteiger partial charge in [-0.05, 0) is 69.4 Å². The molecule has 0 aliphatic carbocycles. The monoisotopic (exact) mass is 272 g/mol. The molecule has 102 valence electrons. The van der Waals surface area contributed by atoms with E-state index in [4.69, 9.17) is 0 Å². The minimum atomic E-state index is 0.324. The van der Waals surface area contributed by atoms with E-state index in [0.717, 1.165) is 5.39 Å². The lowest BCUT2D eigenvalue weighted by Crippen LogP contribution is -1.89. The predicted molar refractivity (Wildman–Crippen MR) is 90.1 cm³/mol. The van der Waals surface area contributed by atoms with Crippen molar-refractivity contribution < 1.29 is 5.11 Å². The molecule has 4 rings (SSSR count). The topological polar surface area (TPSA) is 20.2 Å². The minimum absolute atomic E-state index is 0.324. The van der Waals surface area contributed by atoms with Gasteiger partial charge in [-0.25, -0.2) is 0 Å². The lowest BCUT2D eigenvalue weighted by atomic mass is 9.90. The maximum absolute atomic E-state index is 9.83. The molecule has 0 heterocycles. The van der Waals surface area contributed by atoms with Crippen molar-refractivity contribution >= 4 is 32.3 Å². The van der Waals surface area contributed by atoms with Gasteiger partial charge in [0.25, 0.3) is 0 Å². The summed E-state index contributed by atoms with van der Waals surface area (Å²) in [5, 5.41) is 17.3. The highest BCUT2D eigenvalue weighted by atomic mass is 16.3. The summed E-state index contributed by atoms with van der Waals surface area (Å²) in [5.74, 6) is 0.324. The molecular formula is C20H16O. The van der Waals surface area contributed by atoms with Gasteiger partial charge < -0.3 is 5.11 Å². The Labute approximate surface area is 123 Å². The van der Waals surface area contributed by atoms with Crippen LogP contribution >= 0.6 is 0 Å². The normalized spacial score (nSPS) is 11.5. The first-order valence-electron chi connectivity index (χ1n) is 7.20. The van der Waals surface area contributed by atoms with Crippen LogP contribution in [0.25, 0.3) is 32.3 Å². The number of hydrogen-bond donors (Lipinski definition) is 1. The van der Waals surface area contributed by atoms with E-state index in [1.54, 1.807) is 6.07 Å². The van der Waals surface area contributed by atoms with Crippen molar-refractivity contribution in [2.24, 2.45) is 0 Å². The zero-order valence-corrected chi connectivity index (χ0v) is 12.1. The second-order valence-electron chi connectivity index (χ2n) is 5.69. The molecule has 0 bridgehead atoms. The third-order valence-electron chi connectivity index (χ3n) is 4.52. The van der Waals surface area contributed by atoms with Crippen LogP contribution in [0.1, 0.15) is 11.1 Å². The van der Waals surface area contributed by atoms with Crippen LogP contribution < -0.4 is 0 Å². The van der Waals surface area contributed by atoms with Crippen LogP contribution in [0.15, 0.2) is 54.6 Å². The van der Waals surface area contributed by atoms with Crippen molar-refractivity contribution in [3.05, 3.63) is 65.7 Å². The van der Waals surface area contributed by atoms with Gasteiger partial charge in [0.2, 0.25) is 0 Å². The van der Waals surface area contributed by atoms with Gasteiger partial charge in [0.1, 0.15) is 5.75 Å². The number of fused-ring (bicyclic) bond motifs is 4. The van der Waals surface area contributed by atoms with E-state index in [1.165, 1.54) is 38.1 Å².